The molecule has 2 unspecified atom stereocenters. The molecule has 142 valence electrons. The highest BCUT2D eigenvalue weighted by Crippen LogP contribution is 2.24. The fraction of sp³-hybridized carbons (Fsp3) is 0.500. The van der Waals surface area contributed by atoms with Crippen LogP contribution in [-0.2, 0) is 11.3 Å². The summed E-state index contributed by atoms with van der Waals surface area (Å²) < 4.78 is 0. The molecule has 0 saturated carbocycles. The van der Waals surface area contributed by atoms with Gasteiger partial charge in [0.15, 0.2) is 0 Å². The topological polar surface area (TPSA) is 95.7 Å². The van der Waals surface area contributed by atoms with Gasteiger partial charge in [-0.3, -0.25) is 14.5 Å². The number of urea groups is 1. The standard InChI is InChI=1S/C18H24N4O3.ClH/c1-12-5-6-21(15(7-12)9-19)17(24)14-4-2-3-13(8-14)11-22-16(23)10-20-18(22)25;/h2-4,8,12,15H,5-7,9-11,19H2,1H3,(H,20,25);1H. The molecular weight excluding hydrogens is 356 g/mol. The Morgan fingerprint density at radius 2 is 2.12 bits per heavy atom. The molecule has 2 aliphatic heterocycles. The number of imide groups is 1. The van der Waals surface area contributed by atoms with Gasteiger partial charge in [0.1, 0.15) is 0 Å². The number of nitrogens with one attached hydrogen (secondary N) is 1. The Hall–Kier alpha value is -2.12. The Morgan fingerprint density at radius 1 is 1.35 bits per heavy atom. The number of hydrogen-bond acceptors (Lipinski definition) is 4. The number of carbonyl (C=O) groups excluding carboxylic acids is 3. The van der Waals surface area contributed by atoms with E-state index in [1.165, 1.54) is 0 Å². The molecule has 4 amide bonds. The molecule has 0 radical (unpaired) electrons. The zero-order valence-electron chi connectivity index (χ0n) is 14.8. The van der Waals surface area contributed by atoms with Gasteiger partial charge in [0, 0.05) is 24.7 Å². The molecule has 0 aromatic heterocycles. The van der Waals surface area contributed by atoms with Crippen molar-refractivity contribution in [2.75, 3.05) is 19.6 Å². The van der Waals surface area contributed by atoms with Crippen molar-refractivity contribution in [2.24, 2.45) is 11.7 Å². The summed E-state index contributed by atoms with van der Waals surface area (Å²) in [5.41, 5.74) is 7.18. The first-order chi connectivity index (χ1) is 12.0. The molecule has 3 rings (SSSR count). The number of halogens is 1. The molecule has 0 bridgehead atoms. The van der Waals surface area contributed by atoms with Crippen LogP contribution in [0.1, 0.15) is 35.7 Å². The van der Waals surface area contributed by atoms with Crippen LogP contribution < -0.4 is 11.1 Å². The molecular formula is C18H25ClN4O3. The average Bonchev–Trinajstić information content (AvgIpc) is 2.93. The van der Waals surface area contributed by atoms with E-state index < -0.39 is 6.03 Å². The lowest BCUT2D eigenvalue weighted by molar-refractivity contribution is -0.125. The van der Waals surface area contributed by atoms with Crippen molar-refractivity contribution in [3.05, 3.63) is 35.4 Å². The van der Waals surface area contributed by atoms with Crippen molar-refractivity contribution in [1.29, 1.82) is 0 Å². The van der Waals surface area contributed by atoms with Crippen LogP contribution >= 0.6 is 12.4 Å². The lowest BCUT2D eigenvalue weighted by Crippen LogP contribution is -2.49. The first kappa shape index (κ1) is 20.2. The largest absolute Gasteiger partial charge is 0.334 e. The number of amides is 4. The molecule has 26 heavy (non-hydrogen) atoms. The summed E-state index contributed by atoms with van der Waals surface area (Å²) in [6.07, 6.45) is 1.90. The summed E-state index contributed by atoms with van der Waals surface area (Å²) in [5.74, 6) is 0.278. The van der Waals surface area contributed by atoms with Gasteiger partial charge in [-0.15, -0.1) is 12.4 Å². The number of nitrogens with two attached hydrogens (primary N) is 1. The van der Waals surface area contributed by atoms with E-state index in [1.807, 2.05) is 11.0 Å². The normalized spacial score (nSPS) is 22.8. The second-order valence-electron chi connectivity index (χ2n) is 6.86. The number of carbonyl (C=O) groups is 3. The molecule has 3 N–H and O–H groups in total. The van der Waals surface area contributed by atoms with E-state index in [2.05, 4.69) is 12.2 Å². The van der Waals surface area contributed by atoms with Gasteiger partial charge in [-0.25, -0.2) is 4.79 Å². The highest BCUT2D eigenvalue weighted by atomic mass is 35.5. The van der Waals surface area contributed by atoms with Gasteiger partial charge in [-0.2, -0.15) is 0 Å². The second-order valence-corrected chi connectivity index (χ2v) is 6.86. The Labute approximate surface area is 159 Å². The second kappa shape index (κ2) is 8.51. The molecule has 8 heteroatoms. The zero-order valence-corrected chi connectivity index (χ0v) is 15.6. The van der Waals surface area contributed by atoms with Crippen molar-refractivity contribution < 1.29 is 14.4 Å². The summed E-state index contributed by atoms with van der Waals surface area (Å²) in [6.45, 7) is 3.55. The SMILES string of the molecule is CC1CCN(C(=O)c2cccc(CN3C(=O)CNC3=O)c2)C(CN)C1.Cl. The van der Waals surface area contributed by atoms with E-state index >= 15 is 0 Å². The smallest absolute Gasteiger partial charge is 0.324 e. The molecule has 1 aromatic carbocycles. The third kappa shape index (κ3) is 4.16. The number of nitrogens with zero attached hydrogens (tertiary/aromatic N) is 2. The molecule has 2 saturated heterocycles. The van der Waals surface area contributed by atoms with E-state index in [9.17, 15) is 14.4 Å². The highest BCUT2D eigenvalue weighted by molar-refractivity contribution is 6.02. The van der Waals surface area contributed by atoms with Gasteiger partial charge in [0.2, 0.25) is 5.91 Å². The zero-order chi connectivity index (χ0) is 18.0. The molecule has 2 fully saturated rings. The number of benzene rings is 1. The number of hydrogen-bond donors (Lipinski definition) is 2. The van der Waals surface area contributed by atoms with E-state index in [0.717, 1.165) is 23.3 Å². The summed E-state index contributed by atoms with van der Waals surface area (Å²) >= 11 is 0. The van der Waals surface area contributed by atoms with Crippen molar-refractivity contribution in [2.45, 2.75) is 32.4 Å². The summed E-state index contributed by atoms with van der Waals surface area (Å²) in [4.78, 5) is 39.3. The molecule has 7 nitrogen and oxygen atoms in total. The van der Waals surface area contributed by atoms with Gasteiger partial charge in [-0.05, 0) is 36.5 Å². The van der Waals surface area contributed by atoms with Gasteiger partial charge in [0.25, 0.3) is 5.91 Å². The van der Waals surface area contributed by atoms with Crippen molar-refractivity contribution in [1.82, 2.24) is 15.1 Å². The van der Waals surface area contributed by atoms with E-state index in [0.29, 0.717) is 24.6 Å². The monoisotopic (exact) mass is 380 g/mol. The quantitative estimate of drug-likeness (QED) is 0.771. The maximum absolute atomic E-state index is 12.9. The fourth-order valence-electron chi connectivity index (χ4n) is 3.51. The fourth-order valence-corrected chi connectivity index (χ4v) is 3.51. The maximum atomic E-state index is 12.9. The predicted octanol–water partition coefficient (Wildman–Crippen LogP) is 1.36. The van der Waals surface area contributed by atoms with Gasteiger partial charge >= 0.3 is 6.03 Å². The van der Waals surface area contributed by atoms with Crippen LogP contribution in [0.5, 0.6) is 0 Å². The minimum Gasteiger partial charge on any atom is -0.334 e. The summed E-state index contributed by atoms with van der Waals surface area (Å²) in [7, 11) is 0. The predicted molar refractivity (Wildman–Crippen MR) is 99.9 cm³/mol. The number of likely N-dealkylation sites (tertiary alicyclic amines) is 1. The third-order valence-corrected chi connectivity index (χ3v) is 4.96. The third-order valence-electron chi connectivity index (χ3n) is 4.96. The molecule has 2 aliphatic rings. The van der Waals surface area contributed by atoms with Crippen LogP contribution in [0.25, 0.3) is 0 Å². The lowest BCUT2D eigenvalue weighted by atomic mass is 9.91. The summed E-state index contributed by atoms with van der Waals surface area (Å²) in [6, 6.07) is 6.79. The van der Waals surface area contributed by atoms with Crippen molar-refractivity contribution in [3.8, 4) is 0 Å². The first-order valence-electron chi connectivity index (χ1n) is 8.67. The first-order valence-corrected chi connectivity index (χ1v) is 8.67. The average molecular weight is 381 g/mol. The van der Waals surface area contributed by atoms with E-state index in [4.69, 9.17) is 5.73 Å². The number of piperidine rings is 1. The van der Waals surface area contributed by atoms with E-state index in [-0.39, 0.29) is 43.4 Å². The Bertz CT molecular complexity index is 681. The van der Waals surface area contributed by atoms with E-state index in [1.54, 1.807) is 18.2 Å². The minimum atomic E-state index is -0.394. The molecule has 2 atom stereocenters. The Morgan fingerprint density at radius 3 is 2.77 bits per heavy atom. The molecule has 2 heterocycles. The number of rotatable bonds is 4. The minimum absolute atomic E-state index is 0. The van der Waals surface area contributed by atoms with Crippen LogP contribution in [0.3, 0.4) is 0 Å². The summed E-state index contributed by atoms with van der Waals surface area (Å²) in [5, 5.41) is 2.49. The van der Waals surface area contributed by atoms with Crippen LogP contribution in [0, 0.1) is 5.92 Å². The van der Waals surface area contributed by atoms with Crippen LogP contribution in [0.4, 0.5) is 4.79 Å². The molecule has 0 spiro atoms. The van der Waals surface area contributed by atoms with Crippen LogP contribution in [-0.4, -0.2) is 53.3 Å². The maximum Gasteiger partial charge on any atom is 0.324 e. The van der Waals surface area contributed by atoms with Gasteiger partial charge in [-0.1, -0.05) is 19.1 Å². The van der Waals surface area contributed by atoms with Crippen LogP contribution in [0.15, 0.2) is 24.3 Å². The molecule has 1 aromatic rings. The Balaban J connectivity index is 0.00000243. The molecule has 0 aliphatic carbocycles. The highest BCUT2D eigenvalue weighted by Gasteiger charge is 2.31. The van der Waals surface area contributed by atoms with Gasteiger partial charge < -0.3 is 16.0 Å². The van der Waals surface area contributed by atoms with Crippen LogP contribution in [0.2, 0.25) is 0 Å². The van der Waals surface area contributed by atoms with Crippen molar-refractivity contribution in [3.63, 3.8) is 0 Å². The lowest BCUT2D eigenvalue weighted by Gasteiger charge is -2.38. The van der Waals surface area contributed by atoms with Crippen molar-refractivity contribution >= 4 is 30.3 Å². The Kier molecular flexibility index (Phi) is 6.61. The van der Waals surface area contributed by atoms with Gasteiger partial charge in [0.05, 0.1) is 13.1 Å².